The average molecular weight is 319 g/mol. The molecule has 0 saturated heterocycles. The molecule has 0 aliphatic carbocycles. The summed E-state index contributed by atoms with van der Waals surface area (Å²) < 4.78 is -0.120. The summed E-state index contributed by atoms with van der Waals surface area (Å²) in [6.07, 6.45) is 0. The van der Waals surface area contributed by atoms with Crippen LogP contribution in [0.2, 0.25) is 0 Å². The summed E-state index contributed by atoms with van der Waals surface area (Å²) in [6, 6.07) is 8.79. The highest BCUT2D eigenvalue weighted by Gasteiger charge is 2.44. The summed E-state index contributed by atoms with van der Waals surface area (Å²) in [5.74, 6) is 0.571. The van der Waals surface area contributed by atoms with Crippen molar-refractivity contribution in [2.75, 3.05) is 5.32 Å². The molecule has 1 heterocycles. The van der Waals surface area contributed by atoms with Crippen LogP contribution >= 0.6 is 31.9 Å². The Labute approximate surface area is 102 Å². The Balaban J connectivity index is 2.45. The Bertz CT molecular complexity index is 347. The van der Waals surface area contributed by atoms with Crippen LogP contribution in [0.3, 0.4) is 0 Å². The first-order chi connectivity index (χ1) is 6.53. The third-order valence-electron chi connectivity index (χ3n) is 2.65. The summed E-state index contributed by atoms with van der Waals surface area (Å²) in [7, 11) is 0. The van der Waals surface area contributed by atoms with Crippen molar-refractivity contribution in [1.82, 2.24) is 0 Å². The molecule has 76 valence electrons. The largest absolute Gasteiger partial charge is 0.379 e. The summed E-state index contributed by atoms with van der Waals surface area (Å²) in [5, 5.41) is 3.53. The van der Waals surface area contributed by atoms with E-state index in [2.05, 4.69) is 75.3 Å². The predicted molar refractivity (Wildman–Crippen MR) is 68.2 cm³/mol. The predicted octanol–water partition coefficient (Wildman–Crippen LogP) is 4.08. The fourth-order valence-corrected chi connectivity index (χ4v) is 3.89. The van der Waals surface area contributed by atoms with Gasteiger partial charge in [-0.2, -0.15) is 0 Å². The van der Waals surface area contributed by atoms with E-state index < -0.39 is 0 Å². The van der Waals surface area contributed by atoms with Crippen molar-refractivity contribution in [2.24, 2.45) is 5.92 Å². The quantitative estimate of drug-likeness (QED) is 0.769. The normalized spacial score (nSPS) is 23.4. The zero-order valence-electron chi connectivity index (χ0n) is 8.22. The van der Waals surface area contributed by atoms with Crippen LogP contribution in [-0.2, 0) is 3.23 Å². The molecule has 1 N–H and O–H groups in total. The van der Waals surface area contributed by atoms with E-state index in [4.69, 9.17) is 0 Å². The van der Waals surface area contributed by atoms with Gasteiger partial charge < -0.3 is 5.32 Å². The minimum atomic E-state index is -0.120. The lowest BCUT2D eigenvalue weighted by Gasteiger charge is -2.27. The third kappa shape index (κ3) is 1.50. The molecule has 1 aromatic carbocycles. The van der Waals surface area contributed by atoms with Gasteiger partial charge in [0.25, 0.3) is 0 Å². The van der Waals surface area contributed by atoms with Crippen LogP contribution in [0.5, 0.6) is 0 Å². The Morgan fingerprint density at radius 2 is 1.93 bits per heavy atom. The Kier molecular flexibility index (Phi) is 2.64. The van der Waals surface area contributed by atoms with Gasteiger partial charge in [0.2, 0.25) is 0 Å². The van der Waals surface area contributed by atoms with Gasteiger partial charge in [0.15, 0.2) is 0 Å². The molecule has 1 atom stereocenters. The molecule has 0 amide bonds. The highest BCUT2D eigenvalue weighted by molar-refractivity contribution is 9.24. The van der Waals surface area contributed by atoms with E-state index in [0.717, 1.165) is 0 Å². The van der Waals surface area contributed by atoms with Crippen molar-refractivity contribution in [1.29, 1.82) is 0 Å². The molecule has 1 aromatic rings. The number of alkyl halides is 2. The van der Waals surface area contributed by atoms with E-state index in [1.165, 1.54) is 11.3 Å². The number of nitrogens with one attached hydrogen (secondary N) is 1. The molecule has 0 bridgehead atoms. The number of para-hydroxylation sites is 1. The van der Waals surface area contributed by atoms with E-state index >= 15 is 0 Å². The highest BCUT2D eigenvalue weighted by Crippen LogP contribution is 2.52. The minimum Gasteiger partial charge on any atom is -0.379 e. The van der Waals surface area contributed by atoms with Crippen molar-refractivity contribution < 1.29 is 0 Å². The van der Waals surface area contributed by atoms with E-state index in [1.54, 1.807) is 0 Å². The molecular weight excluding hydrogens is 306 g/mol. The molecule has 0 spiro atoms. The van der Waals surface area contributed by atoms with Crippen LogP contribution in [0.4, 0.5) is 5.69 Å². The topological polar surface area (TPSA) is 12.0 Å². The molecular formula is C11H13Br2N. The first kappa shape index (κ1) is 10.5. The number of halogens is 2. The monoisotopic (exact) mass is 317 g/mol. The molecule has 1 nitrogen and oxygen atoms in total. The van der Waals surface area contributed by atoms with Gasteiger partial charge >= 0.3 is 0 Å². The van der Waals surface area contributed by atoms with E-state index in [-0.39, 0.29) is 3.23 Å². The van der Waals surface area contributed by atoms with Gasteiger partial charge in [0, 0.05) is 11.3 Å². The summed E-state index contributed by atoms with van der Waals surface area (Å²) in [4.78, 5) is 0. The van der Waals surface area contributed by atoms with Gasteiger partial charge in [0.05, 0.1) is 6.04 Å². The zero-order chi connectivity index (χ0) is 10.3. The van der Waals surface area contributed by atoms with Crippen LogP contribution in [-0.4, -0.2) is 6.04 Å². The molecule has 1 unspecified atom stereocenters. The molecule has 1 aliphatic heterocycles. The Morgan fingerprint density at radius 1 is 1.29 bits per heavy atom. The van der Waals surface area contributed by atoms with Crippen LogP contribution in [0, 0.1) is 5.92 Å². The number of anilines is 1. The maximum atomic E-state index is 3.76. The maximum Gasteiger partial charge on any atom is 0.127 e. The number of hydrogen-bond donors (Lipinski definition) is 1. The van der Waals surface area contributed by atoms with Crippen molar-refractivity contribution in [2.45, 2.75) is 23.1 Å². The second-order valence-electron chi connectivity index (χ2n) is 4.03. The molecule has 1 aliphatic rings. The number of fused-ring (bicyclic) bond motifs is 1. The van der Waals surface area contributed by atoms with Crippen LogP contribution < -0.4 is 5.32 Å². The number of benzene rings is 1. The van der Waals surface area contributed by atoms with E-state index in [9.17, 15) is 0 Å². The zero-order valence-corrected chi connectivity index (χ0v) is 11.4. The Morgan fingerprint density at radius 3 is 2.50 bits per heavy atom. The fourth-order valence-electron chi connectivity index (χ4n) is 1.91. The average Bonchev–Trinajstić information content (AvgIpc) is 2.39. The van der Waals surface area contributed by atoms with Crippen molar-refractivity contribution >= 4 is 37.5 Å². The first-order valence-electron chi connectivity index (χ1n) is 4.77. The number of hydrogen-bond acceptors (Lipinski definition) is 1. The lowest BCUT2D eigenvalue weighted by molar-refractivity contribution is 0.521. The second kappa shape index (κ2) is 3.53. The summed E-state index contributed by atoms with van der Waals surface area (Å²) >= 11 is 7.52. The third-order valence-corrected chi connectivity index (χ3v) is 4.50. The van der Waals surface area contributed by atoms with Crippen molar-refractivity contribution in [3.8, 4) is 0 Å². The van der Waals surface area contributed by atoms with Crippen LogP contribution in [0.1, 0.15) is 19.4 Å². The molecule has 0 aromatic heterocycles. The van der Waals surface area contributed by atoms with Crippen molar-refractivity contribution in [3.63, 3.8) is 0 Å². The van der Waals surface area contributed by atoms with E-state index in [0.29, 0.717) is 12.0 Å². The van der Waals surface area contributed by atoms with Gasteiger partial charge in [-0.25, -0.2) is 0 Å². The van der Waals surface area contributed by atoms with Gasteiger partial charge in [-0.15, -0.1) is 0 Å². The molecule has 3 heteroatoms. The second-order valence-corrected chi connectivity index (χ2v) is 7.60. The van der Waals surface area contributed by atoms with Gasteiger partial charge in [-0.05, 0) is 12.0 Å². The molecule has 0 radical (unpaired) electrons. The van der Waals surface area contributed by atoms with Gasteiger partial charge in [0.1, 0.15) is 3.23 Å². The smallest absolute Gasteiger partial charge is 0.127 e. The summed E-state index contributed by atoms with van der Waals surface area (Å²) in [6.45, 7) is 4.45. The maximum absolute atomic E-state index is 3.76. The van der Waals surface area contributed by atoms with Gasteiger partial charge in [-0.1, -0.05) is 63.9 Å². The standard InChI is InChI=1S/C11H13Br2N/c1-7(2)10-11(12,13)8-5-3-4-6-9(8)14-10/h3-7,10,14H,1-2H3. The van der Waals surface area contributed by atoms with Crippen LogP contribution in [0.25, 0.3) is 0 Å². The SMILES string of the molecule is CC(C)C1Nc2ccccc2C1(Br)Br. The van der Waals surface area contributed by atoms with Crippen LogP contribution in [0.15, 0.2) is 24.3 Å². The fraction of sp³-hybridized carbons (Fsp3) is 0.455. The van der Waals surface area contributed by atoms with Crippen molar-refractivity contribution in [3.05, 3.63) is 29.8 Å². The lowest BCUT2D eigenvalue weighted by Crippen LogP contribution is -2.33. The lowest BCUT2D eigenvalue weighted by atomic mass is 10.0. The minimum absolute atomic E-state index is 0.120. The highest BCUT2D eigenvalue weighted by atomic mass is 79.9. The van der Waals surface area contributed by atoms with E-state index in [1.807, 2.05) is 0 Å². The van der Waals surface area contributed by atoms with Gasteiger partial charge in [-0.3, -0.25) is 0 Å². The Hall–Kier alpha value is -0.0200. The molecule has 14 heavy (non-hydrogen) atoms. The summed E-state index contributed by atoms with van der Waals surface area (Å²) in [5.41, 5.74) is 2.51. The number of rotatable bonds is 1. The molecule has 0 fully saturated rings. The first-order valence-corrected chi connectivity index (χ1v) is 6.36. The molecule has 0 saturated carbocycles. The molecule has 2 rings (SSSR count).